The summed E-state index contributed by atoms with van der Waals surface area (Å²) in [6, 6.07) is -0.518. The molecule has 1 amide bonds. The Balaban J connectivity index is 1.97. The van der Waals surface area contributed by atoms with Crippen molar-refractivity contribution in [3.8, 4) is 0 Å². The van der Waals surface area contributed by atoms with Crippen LogP contribution >= 0.6 is 11.3 Å². The summed E-state index contributed by atoms with van der Waals surface area (Å²) >= 11 is 1.48. The van der Waals surface area contributed by atoms with Crippen LogP contribution < -0.4 is 11.1 Å². The average Bonchev–Trinajstić information content (AvgIpc) is 2.98. The molecule has 1 aliphatic rings. The maximum absolute atomic E-state index is 11.9. The lowest BCUT2D eigenvalue weighted by Gasteiger charge is -2.25. The predicted molar refractivity (Wildman–Crippen MR) is 70.1 cm³/mol. The van der Waals surface area contributed by atoms with Crippen LogP contribution in [0.3, 0.4) is 0 Å². The smallest absolute Gasteiger partial charge is 0.243 e. The quantitative estimate of drug-likeness (QED) is 0.868. The highest BCUT2D eigenvalue weighted by molar-refractivity contribution is 7.13. The maximum atomic E-state index is 11.9. The molecule has 1 aromatic rings. The highest BCUT2D eigenvalue weighted by atomic mass is 32.1. The van der Waals surface area contributed by atoms with Crippen LogP contribution in [0.5, 0.6) is 0 Å². The number of hydrogen-bond donors (Lipinski definition) is 2. The molecule has 0 spiro atoms. The van der Waals surface area contributed by atoms with Gasteiger partial charge in [-0.3, -0.25) is 4.79 Å². The topological polar surface area (TPSA) is 68.0 Å². The van der Waals surface area contributed by atoms with Gasteiger partial charge in [-0.05, 0) is 18.3 Å². The van der Waals surface area contributed by atoms with Crippen LogP contribution in [0.1, 0.15) is 45.2 Å². The Hall–Kier alpha value is -0.940. The van der Waals surface area contributed by atoms with Gasteiger partial charge in [-0.15, -0.1) is 11.3 Å². The van der Waals surface area contributed by atoms with Crippen molar-refractivity contribution in [1.29, 1.82) is 0 Å². The number of thiazole rings is 1. The van der Waals surface area contributed by atoms with Gasteiger partial charge in [0.25, 0.3) is 0 Å². The second-order valence-electron chi connectivity index (χ2n) is 5.68. The fourth-order valence-corrected chi connectivity index (χ4v) is 2.28. The van der Waals surface area contributed by atoms with Crippen LogP contribution in [-0.4, -0.2) is 16.9 Å². The van der Waals surface area contributed by atoms with Crippen molar-refractivity contribution in [2.75, 3.05) is 5.32 Å². The van der Waals surface area contributed by atoms with E-state index in [9.17, 15) is 4.79 Å². The van der Waals surface area contributed by atoms with Crippen molar-refractivity contribution in [3.63, 3.8) is 0 Å². The first-order valence-electron chi connectivity index (χ1n) is 5.90. The van der Waals surface area contributed by atoms with Crippen molar-refractivity contribution in [2.24, 2.45) is 11.1 Å². The lowest BCUT2D eigenvalue weighted by atomic mass is 9.87. The molecule has 1 aromatic heterocycles. The summed E-state index contributed by atoms with van der Waals surface area (Å²) in [7, 11) is 0. The molecule has 17 heavy (non-hydrogen) atoms. The van der Waals surface area contributed by atoms with E-state index in [0.29, 0.717) is 11.0 Å². The summed E-state index contributed by atoms with van der Waals surface area (Å²) in [5.74, 6) is 0.461. The summed E-state index contributed by atoms with van der Waals surface area (Å²) in [6.07, 6.45) is 2.44. The Labute approximate surface area is 106 Å². The first-order chi connectivity index (χ1) is 7.88. The minimum atomic E-state index is -0.518. The molecule has 4 nitrogen and oxygen atoms in total. The molecular formula is C12H19N3OS. The lowest BCUT2D eigenvalue weighted by molar-refractivity contribution is -0.119. The van der Waals surface area contributed by atoms with Gasteiger partial charge in [-0.25, -0.2) is 4.98 Å². The molecule has 0 unspecified atom stereocenters. The van der Waals surface area contributed by atoms with Crippen molar-refractivity contribution in [2.45, 2.75) is 45.6 Å². The zero-order valence-corrected chi connectivity index (χ0v) is 11.3. The highest BCUT2D eigenvalue weighted by Crippen LogP contribution is 2.40. The molecule has 3 N–H and O–H groups in total. The number of carbonyl (C=O) groups is 1. The fourth-order valence-electron chi connectivity index (χ4n) is 1.49. The second kappa shape index (κ2) is 4.38. The molecule has 1 atom stereocenters. The Bertz CT molecular complexity index is 418. The Morgan fingerprint density at radius 3 is 2.76 bits per heavy atom. The maximum Gasteiger partial charge on any atom is 0.243 e. The molecule has 2 rings (SSSR count). The fraction of sp³-hybridized carbons (Fsp3) is 0.667. The van der Waals surface area contributed by atoms with E-state index in [4.69, 9.17) is 5.73 Å². The number of rotatable bonds is 3. The van der Waals surface area contributed by atoms with Crippen molar-refractivity contribution < 1.29 is 4.79 Å². The molecule has 1 aliphatic carbocycles. The summed E-state index contributed by atoms with van der Waals surface area (Å²) < 4.78 is 0. The Kier molecular flexibility index (Phi) is 3.23. The number of aromatic nitrogens is 1. The molecule has 94 valence electrons. The summed E-state index contributed by atoms with van der Waals surface area (Å²) in [4.78, 5) is 16.3. The Morgan fingerprint density at radius 2 is 2.24 bits per heavy atom. The van der Waals surface area contributed by atoms with E-state index < -0.39 is 6.04 Å². The molecule has 0 saturated heterocycles. The molecule has 1 heterocycles. The summed E-state index contributed by atoms with van der Waals surface area (Å²) in [5.41, 5.74) is 6.76. The molecule has 1 fully saturated rings. The minimum Gasteiger partial charge on any atom is -0.319 e. The van der Waals surface area contributed by atoms with Crippen LogP contribution in [0.4, 0.5) is 5.13 Å². The third-order valence-electron chi connectivity index (χ3n) is 2.96. The van der Waals surface area contributed by atoms with Gasteiger partial charge in [0.1, 0.15) is 0 Å². The van der Waals surface area contributed by atoms with Crippen molar-refractivity contribution in [1.82, 2.24) is 4.98 Å². The molecule has 0 bridgehead atoms. The van der Waals surface area contributed by atoms with E-state index in [1.54, 1.807) is 0 Å². The zero-order chi connectivity index (χ0) is 12.6. The van der Waals surface area contributed by atoms with E-state index in [0.717, 1.165) is 5.69 Å². The van der Waals surface area contributed by atoms with E-state index in [-0.39, 0.29) is 11.3 Å². The van der Waals surface area contributed by atoms with Crippen molar-refractivity contribution in [3.05, 3.63) is 11.1 Å². The van der Waals surface area contributed by atoms with Crippen LogP contribution in [0, 0.1) is 5.41 Å². The van der Waals surface area contributed by atoms with E-state index >= 15 is 0 Å². The normalized spacial score (nSPS) is 17.9. The number of anilines is 1. The molecule has 0 aliphatic heterocycles. The summed E-state index contributed by atoms with van der Waals surface area (Å²) in [5, 5.41) is 5.48. The van der Waals surface area contributed by atoms with Gasteiger partial charge in [0.2, 0.25) is 5.91 Å². The monoisotopic (exact) mass is 253 g/mol. The number of carbonyl (C=O) groups excluding carboxylic acids is 1. The van der Waals surface area contributed by atoms with Gasteiger partial charge < -0.3 is 11.1 Å². The van der Waals surface area contributed by atoms with Gasteiger partial charge in [0.05, 0.1) is 11.7 Å². The molecule has 5 heteroatoms. The van der Waals surface area contributed by atoms with Gasteiger partial charge in [0, 0.05) is 11.3 Å². The average molecular weight is 253 g/mol. The molecule has 0 aromatic carbocycles. The van der Waals surface area contributed by atoms with Crippen LogP contribution in [0.25, 0.3) is 0 Å². The third-order valence-corrected chi connectivity index (χ3v) is 3.74. The predicted octanol–water partition coefficient (Wildman–Crippen LogP) is 2.33. The van der Waals surface area contributed by atoms with E-state index in [2.05, 4.69) is 10.3 Å². The first-order valence-corrected chi connectivity index (χ1v) is 6.78. The number of hydrogen-bond acceptors (Lipinski definition) is 4. The van der Waals surface area contributed by atoms with Gasteiger partial charge in [0.15, 0.2) is 5.13 Å². The highest BCUT2D eigenvalue weighted by Gasteiger charge is 2.29. The molecule has 1 saturated carbocycles. The SMILES string of the molecule is CC(C)(C)[C@H](N)C(=O)Nc1nc(C2CC2)cs1. The van der Waals surface area contributed by atoms with Crippen molar-refractivity contribution >= 4 is 22.4 Å². The van der Waals surface area contributed by atoms with Crippen LogP contribution in [-0.2, 0) is 4.79 Å². The summed E-state index contributed by atoms with van der Waals surface area (Å²) in [6.45, 7) is 5.86. The Morgan fingerprint density at radius 1 is 1.59 bits per heavy atom. The lowest BCUT2D eigenvalue weighted by Crippen LogP contribution is -2.45. The van der Waals surface area contributed by atoms with Gasteiger partial charge in [-0.1, -0.05) is 20.8 Å². The largest absolute Gasteiger partial charge is 0.319 e. The standard InChI is InChI=1S/C12H19N3OS/c1-12(2,3)9(13)10(16)15-11-14-8(6-17-11)7-4-5-7/h6-7,9H,4-5,13H2,1-3H3,(H,14,15,16)/t9-/m1/s1. The van der Waals surface area contributed by atoms with Crippen LogP contribution in [0.2, 0.25) is 0 Å². The molecule has 0 radical (unpaired) electrons. The first kappa shape index (κ1) is 12.5. The molecular weight excluding hydrogens is 234 g/mol. The zero-order valence-electron chi connectivity index (χ0n) is 10.5. The third kappa shape index (κ3) is 3.04. The van der Waals surface area contributed by atoms with E-state index in [1.807, 2.05) is 26.2 Å². The van der Waals surface area contributed by atoms with Gasteiger partial charge in [-0.2, -0.15) is 0 Å². The van der Waals surface area contributed by atoms with Gasteiger partial charge >= 0.3 is 0 Å². The minimum absolute atomic E-state index is 0.158. The number of nitrogens with one attached hydrogen (secondary N) is 1. The number of amides is 1. The second-order valence-corrected chi connectivity index (χ2v) is 6.54. The number of nitrogens with zero attached hydrogens (tertiary/aromatic N) is 1. The number of nitrogens with two attached hydrogens (primary N) is 1. The van der Waals surface area contributed by atoms with Crippen LogP contribution in [0.15, 0.2) is 5.38 Å². The van der Waals surface area contributed by atoms with E-state index in [1.165, 1.54) is 24.2 Å².